The molecule has 4 aromatic rings. The maximum absolute atomic E-state index is 13.2. The van der Waals surface area contributed by atoms with E-state index in [2.05, 4.69) is 10.2 Å². The van der Waals surface area contributed by atoms with Gasteiger partial charge in [0, 0.05) is 43.4 Å². The van der Waals surface area contributed by atoms with Crippen molar-refractivity contribution in [3.05, 3.63) is 82.6 Å². The molecule has 0 bridgehead atoms. The normalized spacial score (nSPS) is 15.2. The number of hydrogen-bond acceptors (Lipinski definition) is 9. The number of thioether (sulfide) groups is 1. The molecule has 0 N–H and O–H groups in total. The van der Waals surface area contributed by atoms with Gasteiger partial charge in [-0.25, -0.2) is 0 Å². The lowest BCUT2D eigenvalue weighted by atomic mass is 10.1. The van der Waals surface area contributed by atoms with Gasteiger partial charge in [0.1, 0.15) is 5.75 Å². The van der Waals surface area contributed by atoms with E-state index in [4.69, 9.17) is 9.15 Å². The molecule has 3 heterocycles. The van der Waals surface area contributed by atoms with Crippen LogP contribution in [0.25, 0.3) is 17.3 Å². The molecule has 0 aliphatic carbocycles. The standard InChI is InChI=1S/C27H26N6O6S/c1-18-16-30(12-13-31(18)26(35)19-5-3-6-21(15-19)33(36)37)24(34)17-40-27-29-28-25(23-7-4-14-39-23)32(27)20-8-10-22(38-2)11-9-20/h3-11,14-15,18H,12-13,16-17H2,1-2H3. The van der Waals surface area contributed by atoms with Crippen molar-refractivity contribution in [3.8, 4) is 23.0 Å². The van der Waals surface area contributed by atoms with Crippen LogP contribution < -0.4 is 4.74 Å². The average Bonchev–Trinajstić information content (AvgIpc) is 3.66. The molecule has 206 valence electrons. The predicted molar refractivity (Wildman–Crippen MR) is 147 cm³/mol. The van der Waals surface area contributed by atoms with E-state index < -0.39 is 4.92 Å². The van der Waals surface area contributed by atoms with Crippen LogP contribution in [0.1, 0.15) is 17.3 Å². The second-order valence-corrected chi connectivity index (χ2v) is 10.0. The molecule has 1 aliphatic rings. The number of non-ortho nitro benzene ring substituents is 1. The fraction of sp³-hybridized carbons (Fsp3) is 0.259. The third-order valence-corrected chi connectivity index (χ3v) is 7.49. The number of piperazine rings is 1. The molecule has 0 saturated carbocycles. The molecule has 1 atom stereocenters. The number of carbonyl (C=O) groups is 2. The van der Waals surface area contributed by atoms with Crippen LogP contribution in [0.15, 0.2) is 76.5 Å². The Bertz CT molecular complexity index is 1520. The van der Waals surface area contributed by atoms with E-state index in [1.54, 1.807) is 41.4 Å². The van der Waals surface area contributed by atoms with Gasteiger partial charge in [-0.15, -0.1) is 10.2 Å². The molecule has 0 radical (unpaired) electrons. The smallest absolute Gasteiger partial charge is 0.270 e. The maximum Gasteiger partial charge on any atom is 0.270 e. The van der Waals surface area contributed by atoms with Crippen molar-refractivity contribution < 1.29 is 23.7 Å². The van der Waals surface area contributed by atoms with Gasteiger partial charge < -0.3 is 19.0 Å². The molecule has 2 amide bonds. The van der Waals surface area contributed by atoms with Crippen LogP contribution in [-0.4, -0.2) is 79.8 Å². The number of nitro benzene ring substituents is 1. The molecule has 2 aromatic carbocycles. The third-order valence-electron chi connectivity index (χ3n) is 6.58. The highest BCUT2D eigenvalue weighted by Gasteiger charge is 2.31. The lowest BCUT2D eigenvalue weighted by Gasteiger charge is -2.40. The Morgan fingerprint density at radius 2 is 1.93 bits per heavy atom. The summed E-state index contributed by atoms with van der Waals surface area (Å²) in [5.74, 6) is 1.49. The van der Waals surface area contributed by atoms with E-state index in [-0.39, 0.29) is 34.9 Å². The number of hydrogen-bond donors (Lipinski definition) is 0. The number of furan rings is 1. The topological polar surface area (TPSA) is 137 Å². The fourth-order valence-corrected chi connectivity index (χ4v) is 5.37. The van der Waals surface area contributed by atoms with Crippen molar-refractivity contribution in [2.24, 2.45) is 0 Å². The third kappa shape index (κ3) is 5.54. The molecule has 1 unspecified atom stereocenters. The number of ether oxygens (including phenoxy) is 1. The van der Waals surface area contributed by atoms with Crippen LogP contribution in [-0.2, 0) is 4.79 Å². The van der Waals surface area contributed by atoms with Crippen LogP contribution in [0.3, 0.4) is 0 Å². The second kappa shape index (κ2) is 11.6. The van der Waals surface area contributed by atoms with Crippen molar-refractivity contribution in [3.63, 3.8) is 0 Å². The van der Waals surface area contributed by atoms with E-state index in [1.165, 1.54) is 30.0 Å². The van der Waals surface area contributed by atoms with Gasteiger partial charge in [-0.05, 0) is 49.4 Å². The minimum Gasteiger partial charge on any atom is -0.497 e. The Hall–Kier alpha value is -4.65. The van der Waals surface area contributed by atoms with Gasteiger partial charge in [0.2, 0.25) is 11.7 Å². The van der Waals surface area contributed by atoms with Crippen LogP contribution in [0.4, 0.5) is 5.69 Å². The zero-order valence-electron chi connectivity index (χ0n) is 21.8. The molecule has 0 spiro atoms. The predicted octanol–water partition coefficient (Wildman–Crippen LogP) is 3.91. The summed E-state index contributed by atoms with van der Waals surface area (Å²) >= 11 is 1.26. The zero-order chi connectivity index (χ0) is 28.2. The molecular formula is C27H26N6O6S. The fourth-order valence-electron chi connectivity index (χ4n) is 4.51. The zero-order valence-corrected chi connectivity index (χ0v) is 22.6. The quantitative estimate of drug-likeness (QED) is 0.178. The maximum atomic E-state index is 13.2. The molecule has 1 saturated heterocycles. The summed E-state index contributed by atoms with van der Waals surface area (Å²) in [6.07, 6.45) is 1.56. The summed E-state index contributed by atoms with van der Waals surface area (Å²) in [6.45, 7) is 2.89. The van der Waals surface area contributed by atoms with Gasteiger partial charge in [0.15, 0.2) is 10.9 Å². The molecule has 5 rings (SSSR count). The molecule has 2 aromatic heterocycles. The summed E-state index contributed by atoms with van der Waals surface area (Å²) in [6, 6.07) is 16.4. The van der Waals surface area contributed by atoms with E-state index in [0.717, 1.165) is 5.69 Å². The van der Waals surface area contributed by atoms with Crippen LogP contribution in [0.5, 0.6) is 5.75 Å². The first-order valence-corrected chi connectivity index (χ1v) is 13.4. The molecule has 40 heavy (non-hydrogen) atoms. The molecule has 1 aliphatic heterocycles. The monoisotopic (exact) mass is 562 g/mol. The summed E-state index contributed by atoms with van der Waals surface area (Å²) in [4.78, 5) is 40.2. The number of benzene rings is 2. The Kier molecular flexibility index (Phi) is 7.82. The minimum absolute atomic E-state index is 0.0943. The van der Waals surface area contributed by atoms with Gasteiger partial charge in [-0.1, -0.05) is 17.8 Å². The van der Waals surface area contributed by atoms with Crippen LogP contribution in [0.2, 0.25) is 0 Å². The first-order chi connectivity index (χ1) is 19.4. The Morgan fingerprint density at radius 3 is 2.60 bits per heavy atom. The highest BCUT2D eigenvalue weighted by molar-refractivity contribution is 7.99. The van der Waals surface area contributed by atoms with Crippen LogP contribution >= 0.6 is 11.8 Å². The molecular weight excluding hydrogens is 536 g/mol. The number of methoxy groups -OCH3 is 1. The highest BCUT2D eigenvalue weighted by atomic mass is 32.2. The number of nitro groups is 1. The Balaban J connectivity index is 1.26. The van der Waals surface area contributed by atoms with E-state index in [1.807, 2.05) is 35.8 Å². The van der Waals surface area contributed by atoms with Crippen molar-refractivity contribution in [2.75, 3.05) is 32.5 Å². The number of carbonyl (C=O) groups excluding carboxylic acids is 2. The summed E-state index contributed by atoms with van der Waals surface area (Å²) < 4.78 is 12.7. The lowest BCUT2D eigenvalue weighted by molar-refractivity contribution is -0.384. The summed E-state index contributed by atoms with van der Waals surface area (Å²) in [5, 5.41) is 20.3. The molecule has 1 fully saturated rings. The van der Waals surface area contributed by atoms with Gasteiger partial charge in [0.25, 0.3) is 11.6 Å². The lowest BCUT2D eigenvalue weighted by Crippen LogP contribution is -2.55. The largest absolute Gasteiger partial charge is 0.497 e. The summed E-state index contributed by atoms with van der Waals surface area (Å²) in [7, 11) is 1.60. The van der Waals surface area contributed by atoms with Crippen molar-refractivity contribution in [1.29, 1.82) is 0 Å². The van der Waals surface area contributed by atoms with E-state index in [9.17, 15) is 19.7 Å². The Labute approximate surface area is 233 Å². The van der Waals surface area contributed by atoms with Gasteiger partial charge in [-0.3, -0.25) is 24.3 Å². The van der Waals surface area contributed by atoms with E-state index >= 15 is 0 Å². The van der Waals surface area contributed by atoms with Gasteiger partial charge in [-0.2, -0.15) is 0 Å². The molecule has 12 nitrogen and oxygen atoms in total. The highest BCUT2D eigenvalue weighted by Crippen LogP contribution is 2.29. The first-order valence-electron chi connectivity index (χ1n) is 12.5. The SMILES string of the molecule is COc1ccc(-n2c(SCC(=O)N3CCN(C(=O)c4cccc([N+](=O)[O-])c4)C(C)C3)nnc2-c2ccco2)cc1. The van der Waals surface area contributed by atoms with Crippen LogP contribution in [0, 0.1) is 10.1 Å². The van der Waals surface area contributed by atoms with Gasteiger partial charge in [0.05, 0.1) is 29.7 Å². The van der Waals surface area contributed by atoms with Crippen molar-refractivity contribution in [1.82, 2.24) is 24.6 Å². The molecule has 13 heteroatoms. The van der Waals surface area contributed by atoms with Gasteiger partial charge >= 0.3 is 0 Å². The van der Waals surface area contributed by atoms with Crippen molar-refractivity contribution >= 4 is 29.3 Å². The summed E-state index contributed by atoms with van der Waals surface area (Å²) in [5.41, 5.74) is 0.901. The van der Waals surface area contributed by atoms with E-state index in [0.29, 0.717) is 42.1 Å². The second-order valence-electron chi connectivity index (χ2n) is 9.10. The Morgan fingerprint density at radius 1 is 1.12 bits per heavy atom. The number of nitrogens with zero attached hydrogens (tertiary/aromatic N) is 6. The first kappa shape index (κ1) is 26.9. The van der Waals surface area contributed by atoms with Crippen molar-refractivity contribution in [2.45, 2.75) is 18.1 Å². The number of aromatic nitrogens is 3. The number of amides is 2. The average molecular weight is 563 g/mol. The number of rotatable bonds is 8. The minimum atomic E-state index is -0.526.